The van der Waals surface area contributed by atoms with Gasteiger partial charge in [-0.15, -0.1) is 0 Å². The van der Waals surface area contributed by atoms with Crippen LogP contribution in [0.3, 0.4) is 0 Å². The summed E-state index contributed by atoms with van der Waals surface area (Å²) in [5.41, 5.74) is 2.10. The largest absolute Gasteiger partial charge is 0.495 e. The van der Waals surface area contributed by atoms with Gasteiger partial charge in [0.15, 0.2) is 6.10 Å². The summed E-state index contributed by atoms with van der Waals surface area (Å²) in [4.78, 5) is 28.6. The van der Waals surface area contributed by atoms with Crippen LogP contribution in [0.2, 0.25) is 0 Å². The van der Waals surface area contributed by atoms with E-state index in [1.54, 1.807) is 6.07 Å². The maximum atomic E-state index is 12.6. The Morgan fingerprint density at radius 1 is 1.03 bits per heavy atom. The molecule has 1 atom stereocenters. The number of para-hydroxylation sites is 1. The Hall–Kier alpha value is -3.87. The number of carbonyl (C=O) groups excluding carboxylic acids is 2. The lowest BCUT2D eigenvalue weighted by atomic mass is 10.1. The highest BCUT2D eigenvalue weighted by Gasteiger charge is 2.21. The molecule has 146 valence electrons. The van der Waals surface area contributed by atoms with E-state index in [1.165, 1.54) is 38.6 Å². The lowest BCUT2D eigenvalue weighted by molar-refractivity contribution is -0.123. The molecular formula is C22H18N2O5. The Labute approximate surface area is 166 Å². The van der Waals surface area contributed by atoms with Crippen molar-refractivity contribution in [2.24, 2.45) is 0 Å². The van der Waals surface area contributed by atoms with Crippen molar-refractivity contribution < 1.29 is 23.5 Å². The van der Waals surface area contributed by atoms with Gasteiger partial charge in [0.1, 0.15) is 16.9 Å². The van der Waals surface area contributed by atoms with Crippen molar-refractivity contribution >= 4 is 39.5 Å². The molecule has 0 unspecified atom stereocenters. The molecule has 0 spiro atoms. The predicted octanol–water partition coefficient (Wildman–Crippen LogP) is 4.17. The van der Waals surface area contributed by atoms with Crippen LogP contribution in [0, 0.1) is 0 Å². The molecule has 1 amide bonds. The Morgan fingerprint density at radius 3 is 2.55 bits per heavy atom. The van der Waals surface area contributed by atoms with E-state index in [-0.39, 0.29) is 0 Å². The monoisotopic (exact) mass is 390 g/mol. The molecule has 29 heavy (non-hydrogen) atoms. The Balaban J connectivity index is 1.57. The van der Waals surface area contributed by atoms with Gasteiger partial charge in [0.2, 0.25) is 0 Å². The number of methoxy groups -OCH3 is 1. The molecule has 7 heteroatoms. The molecule has 0 aliphatic rings. The molecule has 2 heterocycles. The number of nitrogens with one attached hydrogen (secondary N) is 1. The minimum atomic E-state index is -1.01. The minimum absolute atomic E-state index is 0.320. The molecule has 4 aromatic rings. The lowest BCUT2D eigenvalue weighted by Crippen LogP contribution is -2.30. The van der Waals surface area contributed by atoms with Gasteiger partial charge in [0.25, 0.3) is 5.91 Å². The van der Waals surface area contributed by atoms with E-state index in [9.17, 15) is 9.59 Å². The molecule has 0 radical (unpaired) electrons. The highest BCUT2D eigenvalue weighted by molar-refractivity contribution is 6.08. The van der Waals surface area contributed by atoms with Crippen molar-refractivity contribution in [3.8, 4) is 5.75 Å². The number of anilines is 1. The fraction of sp³-hybridized carbons (Fsp3) is 0.136. The van der Waals surface area contributed by atoms with Crippen LogP contribution in [0.15, 0.2) is 65.3 Å². The summed E-state index contributed by atoms with van der Waals surface area (Å²) in [7, 11) is 1.52. The van der Waals surface area contributed by atoms with Gasteiger partial charge in [-0.1, -0.05) is 18.2 Å². The maximum absolute atomic E-state index is 12.6. The van der Waals surface area contributed by atoms with Gasteiger partial charge in [0.05, 0.1) is 18.4 Å². The Kier molecular flexibility index (Phi) is 4.87. The summed E-state index contributed by atoms with van der Waals surface area (Å²) in [6.45, 7) is 1.50. The SMILES string of the molecule is COc1cc2c(cc1NC(=O)[C@@H](C)OC(=O)c1ccncc1)oc1ccccc12. The second-order valence-corrected chi connectivity index (χ2v) is 6.42. The number of benzene rings is 2. The third-order valence-corrected chi connectivity index (χ3v) is 4.53. The summed E-state index contributed by atoms with van der Waals surface area (Å²) >= 11 is 0. The number of hydrogen-bond acceptors (Lipinski definition) is 6. The van der Waals surface area contributed by atoms with Crippen LogP contribution < -0.4 is 10.1 Å². The molecule has 2 aromatic carbocycles. The normalized spacial score (nSPS) is 11.9. The number of amides is 1. The van der Waals surface area contributed by atoms with Gasteiger partial charge in [-0.25, -0.2) is 4.79 Å². The van der Waals surface area contributed by atoms with Crippen LogP contribution in [0.4, 0.5) is 5.69 Å². The first kappa shape index (κ1) is 18.5. The van der Waals surface area contributed by atoms with Crippen LogP contribution in [0.25, 0.3) is 21.9 Å². The fourth-order valence-electron chi connectivity index (χ4n) is 3.02. The first-order valence-corrected chi connectivity index (χ1v) is 8.98. The van der Waals surface area contributed by atoms with E-state index < -0.39 is 18.0 Å². The van der Waals surface area contributed by atoms with E-state index in [2.05, 4.69) is 10.3 Å². The van der Waals surface area contributed by atoms with Crippen molar-refractivity contribution in [2.45, 2.75) is 13.0 Å². The maximum Gasteiger partial charge on any atom is 0.339 e. The van der Waals surface area contributed by atoms with Gasteiger partial charge in [-0.3, -0.25) is 9.78 Å². The predicted molar refractivity (Wildman–Crippen MR) is 108 cm³/mol. The van der Waals surface area contributed by atoms with E-state index in [0.29, 0.717) is 22.6 Å². The lowest BCUT2D eigenvalue weighted by Gasteiger charge is -2.15. The zero-order chi connectivity index (χ0) is 20.4. The Morgan fingerprint density at radius 2 is 1.79 bits per heavy atom. The molecule has 0 aliphatic carbocycles. The fourth-order valence-corrected chi connectivity index (χ4v) is 3.02. The third kappa shape index (κ3) is 3.62. The number of furan rings is 1. The molecule has 2 aromatic heterocycles. The van der Waals surface area contributed by atoms with Crippen LogP contribution in [0.1, 0.15) is 17.3 Å². The molecule has 0 bridgehead atoms. The number of pyridine rings is 1. The number of carbonyl (C=O) groups is 2. The van der Waals surface area contributed by atoms with Crippen LogP contribution in [-0.4, -0.2) is 30.1 Å². The second kappa shape index (κ2) is 7.63. The van der Waals surface area contributed by atoms with E-state index in [0.717, 1.165) is 16.4 Å². The zero-order valence-corrected chi connectivity index (χ0v) is 15.8. The Bertz CT molecular complexity index is 1200. The molecule has 0 fully saturated rings. The van der Waals surface area contributed by atoms with Gasteiger partial charge in [0, 0.05) is 29.2 Å². The van der Waals surface area contributed by atoms with E-state index in [1.807, 2.05) is 30.3 Å². The average Bonchev–Trinajstić information content (AvgIpc) is 3.11. The summed E-state index contributed by atoms with van der Waals surface area (Å²) in [6.07, 6.45) is 1.95. The van der Waals surface area contributed by atoms with Crippen LogP contribution >= 0.6 is 0 Å². The number of fused-ring (bicyclic) bond motifs is 3. The highest BCUT2D eigenvalue weighted by atomic mass is 16.5. The molecule has 4 rings (SSSR count). The van der Waals surface area contributed by atoms with E-state index in [4.69, 9.17) is 13.9 Å². The molecule has 0 saturated carbocycles. The molecular weight excluding hydrogens is 372 g/mol. The summed E-state index contributed by atoms with van der Waals surface area (Å²) < 4.78 is 16.5. The molecule has 1 N–H and O–H groups in total. The minimum Gasteiger partial charge on any atom is -0.495 e. The number of rotatable bonds is 5. The van der Waals surface area contributed by atoms with Crippen LogP contribution in [0.5, 0.6) is 5.75 Å². The van der Waals surface area contributed by atoms with Gasteiger partial charge in [-0.05, 0) is 31.2 Å². The number of nitrogens with zero attached hydrogens (tertiary/aromatic N) is 1. The number of ether oxygens (including phenoxy) is 2. The standard InChI is InChI=1S/C22H18N2O5/c1-13(28-22(26)14-7-9-23-10-8-14)21(25)24-17-12-19-16(11-20(17)27-2)15-5-3-4-6-18(15)29-19/h3-13H,1-2H3,(H,24,25)/t13-/m1/s1. The second-order valence-electron chi connectivity index (χ2n) is 6.42. The summed E-state index contributed by atoms with van der Waals surface area (Å²) in [5, 5.41) is 4.58. The quantitative estimate of drug-likeness (QED) is 0.514. The molecule has 0 saturated heterocycles. The first-order valence-electron chi connectivity index (χ1n) is 8.98. The van der Waals surface area contributed by atoms with Gasteiger partial charge >= 0.3 is 5.97 Å². The summed E-state index contributed by atoms with van der Waals surface area (Å²) in [6, 6.07) is 14.2. The van der Waals surface area contributed by atoms with Crippen LogP contribution in [-0.2, 0) is 9.53 Å². The molecule has 0 aliphatic heterocycles. The van der Waals surface area contributed by atoms with Crippen molar-refractivity contribution in [1.82, 2.24) is 4.98 Å². The van der Waals surface area contributed by atoms with Crippen molar-refractivity contribution in [2.75, 3.05) is 12.4 Å². The van der Waals surface area contributed by atoms with Crippen molar-refractivity contribution in [3.05, 3.63) is 66.5 Å². The van der Waals surface area contributed by atoms with Gasteiger partial charge < -0.3 is 19.2 Å². The third-order valence-electron chi connectivity index (χ3n) is 4.53. The van der Waals surface area contributed by atoms with Crippen molar-refractivity contribution in [1.29, 1.82) is 0 Å². The van der Waals surface area contributed by atoms with E-state index >= 15 is 0 Å². The smallest absolute Gasteiger partial charge is 0.339 e. The number of aromatic nitrogens is 1. The average molecular weight is 390 g/mol. The van der Waals surface area contributed by atoms with Gasteiger partial charge in [-0.2, -0.15) is 0 Å². The highest BCUT2D eigenvalue weighted by Crippen LogP contribution is 2.36. The first-order chi connectivity index (χ1) is 14.1. The zero-order valence-electron chi connectivity index (χ0n) is 15.8. The molecule has 7 nitrogen and oxygen atoms in total. The number of esters is 1. The van der Waals surface area contributed by atoms with Crippen molar-refractivity contribution in [3.63, 3.8) is 0 Å². The number of hydrogen-bond donors (Lipinski definition) is 1. The summed E-state index contributed by atoms with van der Waals surface area (Å²) in [5.74, 6) is -0.610. The topological polar surface area (TPSA) is 90.7 Å².